The van der Waals surface area contributed by atoms with Crippen LogP contribution in [0, 0.1) is 5.82 Å². The van der Waals surface area contributed by atoms with Gasteiger partial charge in [-0.2, -0.15) is 0 Å². The fourth-order valence-electron chi connectivity index (χ4n) is 2.64. The normalized spacial score (nSPS) is 13.4. The van der Waals surface area contributed by atoms with Gasteiger partial charge in [-0.25, -0.2) is 4.39 Å². The number of rotatable bonds is 5. The Labute approximate surface area is 146 Å². The van der Waals surface area contributed by atoms with Crippen molar-refractivity contribution in [1.29, 1.82) is 0 Å². The molecular formula is C19H21FN2O3. The first kappa shape index (κ1) is 17.2. The molecule has 1 amide bonds. The first-order valence-corrected chi connectivity index (χ1v) is 8.22. The standard InChI is InChI=1S/C19H21FN2O3/c1-22(12-14-3-5-15(20)6-4-14)13-19(23)21-16-7-8-17-18(11-16)25-10-2-9-24-17/h3-8,11H,2,9-10,12-13H2,1H3,(H,21,23). The molecule has 1 aliphatic heterocycles. The van der Waals surface area contributed by atoms with Crippen LogP contribution in [0.1, 0.15) is 12.0 Å². The van der Waals surface area contributed by atoms with Gasteiger partial charge in [-0.3, -0.25) is 9.69 Å². The number of likely N-dealkylation sites (N-methyl/N-ethyl adjacent to an activating group) is 1. The summed E-state index contributed by atoms with van der Waals surface area (Å²) >= 11 is 0. The SMILES string of the molecule is CN(CC(=O)Nc1ccc2c(c1)OCCCO2)Cc1ccc(F)cc1. The van der Waals surface area contributed by atoms with Crippen LogP contribution >= 0.6 is 0 Å². The minimum atomic E-state index is -0.265. The molecule has 3 rings (SSSR count). The van der Waals surface area contributed by atoms with Gasteiger partial charge in [-0.1, -0.05) is 12.1 Å². The van der Waals surface area contributed by atoms with Crippen molar-refractivity contribution in [1.82, 2.24) is 4.90 Å². The van der Waals surface area contributed by atoms with E-state index < -0.39 is 0 Å². The van der Waals surface area contributed by atoms with E-state index in [0.717, 1.165) is 12.0 Å². The summed E-state index contributed by atoms with van der Waals surface area (Å²) in [6, 6.07) is 11.6. The van der Waals surface area contributed by atoms with Crippen molar-refractivity contribution < 1.29 is 18.7 Å². The van der Waals surface area contributed by atoms with Gasteiger partial charge in [0.1, 0.15) is 5.82 Å². The van der Waals surface area contributed by atoms with E-state index in [4.69, 9.17) is 9.47 Å². The molecule has 5 nitrogen and oxygen atoms in total. The van der Waals surface area contributed by atoms with Crippen LogP contribution in [0.2, 0.25) is 0 Å². The molecule has 1 aliphatic rings. The lowest BCUT2D eigenvalue weighted by atomic mass is 10.2. The summed E-state index contributed by atoms with van der Waals surface area (Å²) in [4.78, 5) is 14.1. The van der Waals surface area contributed by atoms with Crippen molar-refractivity contribution in [2.45, 2.75) is 13.0 Å². The summed E-state index contributed by atoms with van der Waals surface area (Å²) in [5, 5.41) is 2.86. The van der Waals surface area contributed by atoms with Gasteiger partial charge in [0.05, 0.1) is 19.8 Å². The predicted octanol–water partition coefficient (Wildman–Crippen LogP) is 3.06. The Bertz CT molecular complexity index is 734. The topological polar surface area (TPSA) is 50.8 Å². The van der Waals surface area contributed by atoms with Crippen molar-refractivity contribution in [2.75, 3.05) is 32.1 Å². The minimum absolute atomic E-state index is 0.126. The van der Waals surface area contributed by atoms with Gasteiger partial charge in [0, 0.05) is 24.7 Å². The molecule has 0 unspecified atom stereocenters. The number of carbonyl (C=O) groups is 1. The Morgan fingerprint density at radius 1 is 1.12 bits per heavy atom. The number of benzene rings is 2. The zero-order valence-electron chi connectivity index (χ0n) is 14.1. The van der Waals surface area contributed by atoms with Crippen molar-refractivity contribution in [3.05, 3.63) is 53.8 Å². The third kappa shape index (κ3) is 4.93. The summed E-state index contributed by atoms with van der Waals surface area (Å²) in [6.07, 6.45) is 0.838. The molecule has 1 N–H and O–H groups in total. The van der Waals surface area contributed by atoms with Gasteiger partial charge in [-0.05, 0) is 36.9 Å². The average Bonchev–Trinajstić information content (AvgIpc) is 2.81. The maximum atomic E-state index is 12.9. The third-order valence-electron chi connectivity index (χ3n) is 3.81. The second-order valence-electron chi connectivity index (χ2n) is 6.06. The molecule has 6 heteroatoms. The second-order valence-corrected chi connectivity index (χ2v) is 6.06. The quantitative estimate of drug-likeness (QED) is 0.906. The number of hydrogen-bond donors (Lipinski definition) is 1. The maximum absolute atomic E-state index is 12.9. The van der Waals surface area contributed by atoms with Gasteiger partial charge in [0.2, 0.25) is 5.91 Å². The van der Waals surface area contributed by atoms with Crippen LogP contribution in [-0.4, -0.2) is 37.6 Å². The monoisotopic (exact) mass is 344 g/mol. The molecule has 0 atom stereocenters. The first-order valence-electron chi connectivity index (χ1n) is 8.22. The van der Waals surface area contributed by atoms with Gasteiger partial charge in [0.25, 0.3) is 0 Å². The van der Waals surface area contributed by atoms with Gasteiger partial charge >= 0.3 is 0 Å². The van der Waals surface area contributed by atoms with E-state index in [2.05, 4.69) is 5.32 Å². The highest BCUT2D eigenvalue weighted by Crippen LogP contribution is 2.32. The molecule has 1 heterocycles. The summed E-state index contributed by atoms with van der Waals surface area (Å²) < 4.78 is 24.1. The molecule has 0 aliphatic carbocycles. The summed E-state index contributed by atoms with van der Waals surface area (Å²) in [7, 11) is 1.84. The molecule has 2 aromatic carbocycles. The average molecular weight is 344 g/mol. The molecule has 0 saturated carbocycles. The Hall–Kier alpha value is -2.60. The van der Waals surface area contributed by atoms with E-state index in [0.29, 0.717) is 36.9 Å². The highest BCUT2D eigenvalue weighted by atomic mass is 19.1. The number of fused-ring (bicyclic) bond motifs is 1. The molecule has 0 bridgehead atoms. The highest BCUT2D eigenvalue weighted by Gasteiger charge is 2.13. The number of carbonyl (C=O) groups excluding carboxylic acids is 1. The van der Waals surface area contributed by atoms with Crippen molar-refractivity contribution in [3.8, 4) is 11.5 Å². The van der Waals surface area contributed by atoms with Crippen LogP contribution in [-0.2, 0) is 11.3 Å². The molecule has 0 aromatic heterocycles. The van der Waals surface area contributed by atoms with E-state index >= 15 is 0 Å². The molecule has 0 spiro atoms. The summed E-state index contributed by atoms with van der Waals surface area (Å²) in [5.41, 5.74) is 1.62. The Morgan fingerprint density at radius 2 is 1.84 bits per heavy atom. The number of hydrogen-bond acceptors (Lipinski definition) is 4. The van der Waals surface area contributed by atoms with E-state index in [1.807, 2.05) is 11.9 Å². The van der Waals surface area contributed by atoms with Crippen LogP contribution in [0.3, 0.4) is 0 Å². The second kappa shape index (κ2) is 7.98. The van der Waals surface area contributed by atoms with Crippen molar-refractivity contribution >= 4 is 11.6 Å². The number of ether oxygens (including phenoxy) is 2. The van der Waals surface area contributed by atoms with Crippen molar-refractivity contribution in [2.24, 2.45) is 0 Å². The van der Waals surface area contributed by atoms with Crippen LogP contribution in [0.15, 0.2) is 42.5 Å². The van der Waals surface area contributed by atoms with Crippen LogP contribution in [0.5, 0.6) is 11.5 Å². The smallest absolute Gasteiger partial charge is 0.238 e. The number of halogens is 1. The maximum Gasteiger partial charge on any atom is 0.238 e. The molecular weight excluding hydrogens is 323 g/mol. The first-order chi connectivity index (χ1) is 12.1. The number of anilines is 1. The van der Waals surface area contributed by atoms with Crippen LogP contribution < -0.4 is 14.8 Å². The third-order valence-corrected chi connectivity index (χ3v) is 3.81. The lowest BCUT2D eigenvalue weighted by Crippen LogP contribution is -2.29. The molecule has 25 heavy (non-hydrogen) atoms. The van der Waals surface area contributed by atoms with Gasteiger partial charge < -0.3 is 14.8 Å². The van der Waals surface area contributed by atoms with E-state index in [1.165, 1.54) is 12.1 Å². The minimum Gasteiger partial charge on any atom is -0.490 e. The van der Waals surface area contributed by atoms with E-state index in [1.54, 1.807) is 30.3 Å². The molecule has 132 valence electrons. The van der Waals surface area contributed by atoms with Crippen LogP contribution in [0.4, 0.5) is 10.1 Å². The van der Waals surface area contributed by atoms with Gasteiger partial charge in [-0.15, -0.1) is 0 Å². The van der Waals surface area contributed by atoms with Gasteiger partial charge in [0.15, 0.2) is 11.5 Å². The zero-order valence-corrected chi connectivity index (χ0v) is 14.1. The van der Waals surface area contributed by atoms with Crippen molar-refractivity contribution in [3.63, 3.8) is 0 Å². The summed E-state index contributed by atoms with van der Waals surface area (Å²) in [5.74, 6) is 0.955. The lowest BCUT2D eigenvalue weighted by molar-refractivity contribution is -0.117. The fraction of sp³-hybridized carbons (Fsp3) is 0.316. The molecule has 0 radical (unpaired) electrons. The Morgan fingerprint density at radius 3 is 2.60 bits per heavy atom. The number of amides is 1. The highest BCUT2D eigenvalue weighted by molar-refractivity contribution is 5.92. The largest absolute Gasteiger partial charge is 0.490 e. The van der Waals surface area contributed by atoms with Crippen LogP contribution in [0.25, 0.3) is 0 Å². The lowest BCUT2D eigenvalue weighted by Gasteiger charge is -2.17. The summed E-state index contributed by atoms with van der Waals surface area (Å²) in [6.45, 7) is 2.03. The van der Waals surface area contributed by atoms with E-state index in [9.17, 15) is 9.18 Å². The fourth-order valence-corrected chi connectivity index (χ4v) is 2.64. The zero-order chi connectivity index (χ0) is 17.6. The van der Waals surface area contributed by atoms with E-state index in [-0.39, 0.29) is 18.3 Å². The molecule has 0 saturated heterocycles. The number of nitrogens with one attached hydrogen (secondary N) is 1. The Kier molecular flexibility index (Phi) is 5.50. The molecule has 0 fully saturated rings. The Balaban J connectivity index is 1.55. The molecule has 2 aromatic rings. The number of nitrogens with zero attached hydrogens (tertiary/aromatic N) is 1. The predicted molar refractivity (Wildman–Crippen MR) is 93.4 cm³/mol.